The lowest BCUT2D eigenvalue weighted by atomic mass is 9.79. The molecule has 1 saturated carbocycles. The summed E-state index contributed by atoms with van der Waals surface area (Å²) in [7, 11) is 0. The first-order chi connectivity index (χ1) is 8.65. The third kappa shape index (κ3) is 5.36. The fourth-order valence-corrected chi connectivity index (χ4v) is 2.57. The van der Waals surface area contributed by atoms with Crippen LogP contribution in [0.5, 0.6) is 0 Å². The SMILES string of the molecule is CC(C)OCCCNC(=O)C1CCCCC1CN. The quantitative estimate of drug-likeness (QED) is 0.681. The summed E-state index contributed by atoms with van der Waals surface area (Å²) in [6.07, 6.45) is 5.62. The van der Waals surface area contributed by atoms with E-state index in [0.717, 1.165) is 25.7 Å². The largest absolute Gasteiger partial charge is 0.379 e. The molecule has 2 atom stereocenters. The number of hydrogen-bond acceptors (Lipinski definition) is 3. The molecule has 4 nitrogen and oxygen atoms in total. The van der Waals surface area contributed by atoms with Gasteiger partial charge in [-0.15, -0.1) is 0 Å². The maximum atomic E-state index is 12.1. The van der Waals surface area contributed by atoms with Gasteiger partial charge in [0.25, 0.3) is 0 Å². The molecule has 1 rings (SSSR count). The smallest absolute Gasteiger partial charge is 0.223 e. The van der Waals surface area contributed by atoms with E-state index in [1.54, 1.807) is 0 Å². The van der Waals surface area contributed by atoms with E-state index in [1.165, 1.54) is 6.42 Å². The number of rotatable bonds is 7. The molecule has 18 heavy (non-hydrogen) atoms. The minimum absolute atomic E-state index is 0.134. The average molecular weight is 256 g/mol. The van der Waals surface area contributed by atoms with Crippen molar-refractivity contribution in [2.75, 3.05) is 19.7 Å². The van der Waals surface area contributed by atoms with Crippen molar-refractivity contribution < 1.29 is 9.53 Å². The van der Waals surface area contributed by atoms with Crippen molar-refractivity contribution in [3.8, 4) is 0 Å². The third-order valence-electron chi connectivity index (χ3n) is 3.62. The second-order valence-electron chi connectivity index (χ2n) is 5.45. The van der Waals surface area contributed by atoms with Crippen LogP contribution in [-0.2, 0) is 9.53 Å². The van der Waals surface area contributed by atoms with E-state index in [0.29, 0.717) is 25.6 Å². The van der Waals surface area contributed by atoms with E-state index in [9.17, 15) is 4.79 Å². The fraction of sp³-hybridized carbons (Fsp3) is 0.929. The topological polar surface area (TPSA) is 64.3 Å². The number of nitrogens with two attached hydrogens (primary N) is 1. The van der Waals surface area contributed by atoms with Crippen molar-refractivity contribution in [3.05, 3.63) is 0 Å². The van der Waals surface area contributed by atoms with Gasteiger partial charge < -0.3 is 15.8 Å². The van der Waals surface area contributed by atoms with Crippen LogP contribution in [-0.4, -0.2) is 31.7 Å². The van der Waals surface area contributed by atoms with Crippen molar-refractivity contribution in [2.24, 2.45) is 17.6 Å². The highest BCUT2D eigenvalue weighted by molar-refractivity contribution is 5.79. The van der Waals surface area contributed by atoms with Crippen molar-refractivity contribution in [2.45, 2.75) is 52.1 Å². The van der Waals surface area contributed by atoms with Gasteiger partial charge in [0.05, 0.1) is 6.10 Å². The van der Waals surface area contributed by atoms with Gasteiger partial charge in [0.2, 0.25) is 5.91 Å². The predicted molar refractivity (Wildman–Crippen MR) is 73.2 cm³/mol. The maximum absolute atomic E-state index is 12.1. The minimum Gasteiger partial charge on any atom is -0.379 e. The Labute approximate surface area is 111 Å². The monoisotopic (exact) mass is 256 g/mol. The molecule has 3 N–H and O–H groups in total. The summed E-state index contributed by atoms with van der Waals surface area (Å²) in [6.45, 7) is 6.09. The summed E-state index contributed by atoms with van der Waals surface area (Å²) in [5.41, 5.74) is 5.74. The number of amides is 1. The first-order valence-electron chi connectivity index (χ1n) is 7.24. The molecule has 0 aromatic carbocycles. The predicted octanol–water partition coefficient (Wildman–Crippen LogP) is 1.68. The first-order valence-corrected chi connectivity index (χ1v) is 7.24. The molecule has 1 aliphatic rings. The van der Waals surface area contributed by atoms with Gasteiger partial charge in [-0.25, -0.2) is 0 Å². The number of ether oxygens (including phenoxy) is 1. The second kappa shape index (κ2) is 8.48. The van der Waals surface area contributed by atoms with Crippen LogP contribution >= 0.6 is 0 Å². The summed E-state index contributed by atoms with van der Waals surface area (Å²) in [5.74, 6) is 0.704. The van der Waals surface area contributed by atoms with Gasteiger partial charge in [0, 0.05) is 19.1 Å². The van der Waals surface area contributed by atoms with Crippen LogP contribution in [0.3, 0.4) is 0 Å². The van der Waals surface area contributed by atoms with E-state index >= 15 is 0 Å². The first kappa shape index (κ1) is 15.4. The molecule has 0 aromatic heterocycles. The lowest BCUT2D eigenvalue weighted by Crippen LogP contribution is -2.40. The maximum Gasteiger partial charge on any atom is 0.223 e. The van der Waals surface area contributed by atoms with Crippen molar-refractivity contribution >= 4 is 5.91 Å². The van der Waals surface area contributed by atoms with Crippen LogP contribution < -0.4 is 11.1 Å². The standard InChI is InChI=1S/C14H28N2O2/c1-11(2)18-9-5-8-16-14(17)13-7-4-3-6-12(13)10-15/h11-13H,3-10,15H2,1-2H3,(H,16,17). The molecule has 0 aliphatic heterocycles. The lowest BCUT2D eigenvalue weighted by molar-refractivity contribution is -0.127. The molecule has 2 unspecified atom stereocenters. The summed E-state index contributed by atoms with van der Waals surface area (Å²) < 4.78 is 5.44. The van der Waals surface area contributed by atoms with E-state index in [1.807, 2.05) is 13.8 Å². The normalized spacial score (nSPS) is 24.2. The van der Waals surface area contributed by atoms with Crippen molar-refractivity contribution in [3.63, 3.8) is 0 Å². The van der Waals surface area contributed by atoms with Crippen LogP contribution in [0.4, 0.5) is 0 Å². The van der Waals surface area contributed by atoms with Gasteiger partial charge in [-0.2, -0.15) is 0 Å². The van der Waals surface area contributed by atoms with Crippen LogP contribution in [0.25, 0.3) is 0 Å². The zero-order valence-corrected chi connectivity index (χ0v) is 11.8. The van der Waals surface area contributed by atoms with E-state index < -0.39 is 0 Å². The Balaban J connectivity index is 2.18. The third-order valence-corrected chi connectivity index (χ3v) is 3.62. The van der Waals surface area contributed by atoms with Crippen molar-refractivity contribution in [1.29, 1.82) is 0 Å². The Kier molecular flexibility index (Phi) is 7.28. The van der Waals surface area contributed by atoms with Crippen LogP contribution in [0.2, 0.25) is 0 Å². The van der Waals surface area contributed by atoms with E-state index in [-0.39, 0.29) is 17.9 Å². The van der Waals surface area contributed by atoms with Gasteiger partial charge in [-0.05, 0) is 45.6 Å². The molecular weight excluding hydrogens is 228 g/mol. The van der Waals surface area contributed by atoms with Gasteiger partial charge in [0.15, 0.2) is 0 Å². The second-order valence-corrected chi connectivity index (χ2v) is 5.45. The summed E-state index contributed by atoms with van der Waals surface area (Å²) in [4.78, 5) is 12.1. The zero-order chi connectivity index (χ0) is 13.4. The van der Waals surface area contributed by atoms with Gasteiger partial charge in [0.1, 0.15) is 0 Å². The number of hydrogen-bond donors (Lipinski definition) is 2. The molecule has 0 saturated heterocycles. The van der Waals surface area contributed by atoms with Crippen LogP contribution in [0.15, 0.2) is 0 Å². The van der Waals surface area contributed by atoms with Crippen LogP contribution in [0, 0.1) is 11.8 Å². The Morgan fingerprint density at radius 1 is 1.39 bits per heavy atom. The highest BCUT2D eigenvalue weighted by atomic mass is 16.5. The van der Waals surface area contributed by atoms with Crippen molar-refractivity contribution in [1.82, 2.24) is 5.32 Å². The summed E-state index contributed by atoms with van der Waals surface area (Å²) in [6, 6.07) is 0. The van der Waals surface area contributed by atoms with Crippen LogP contribution in [0.1, 0.15) is 46.0 Å². The van der Waals surface area contributed by atoms with E-state index in [4.69, 9.17) is 10.5 Å². The van der Waals surface area contributed by atoms with Gasteiger partial charge in [-0.1, -0.05) is 12.8 Å². The molecule has 0 radical (unpaired) electrons. The molecule has 106 valence electrons. The molecule has 0 heterocycles. The fourth-order valence-electron chi connectivity index (χ4n) is 2.57. The lowest BCUT2D eigenvalue weighted by Gasteiger charge is -2.29. The number of carbonyl (C=O) groups is 1. The summed E-state index contributed by atoms with van der Waals surface area (Å²) >= 11 is 0. The summed E-state index contributed by atoms with van der Waals surface area (Å²) in [5, 5.41) is 3.02. The highest BCUT2D eigenvalue weighted by Crippen LogP contribution is 2.29. The molecule has 1 amide bonds. The number of nitrogens with one attached hydrogen (secondary N) is 1. The zero-order valence-electron chi connectivity index (χ0n) is 11.8. The Morgan fingerprint density at radius 2 is 2.11 bits per heavy atom. The molecule has 4 heteroatoms. The number of carbonyl (C=O) groups excluding carboxylic acids is 1. The average Bonchev–Trinajstić information content (AvgIpc) is 2.37. The molecule has 1 aliphatic carbocycles. The highest BCUT2D eigenvalue weighted by Gasteiger charge is 2.29. The van der Waals surface area contributed by atoms with E-state index in [2.05, 4.69) is 5.32 Å². The molecule has 0 aromatic rings. The molecule has 0 spiro atoms. The minimum atomic E-state index is 0.134. The Bertz CT molecular complexity index is 244. The molecule has 1 fully saturated rings. The molecule has 0 bridgehead atoms. The molecular formula is C14H28N2O2. The van der Waals surface area contributed by atoms with Gasteiger partial charge >= 0.3 is 0 Å². The van der Waals surface area contributed by atoms with Gasteiger partial charge in [-0.3, -0.25) is 4.79 Å². The Morgan fingerprint density at radius 3 is 2.78 bits per heavy atom. The Hall–Kier alpha value is -0.610.